The fourth-order valence-electron chi connectivity index (χ4n) is 4.50. The molecular weight excluding hydrogens is 528 g/mol. The summed E-state index contributed by atoms with van der Waals surface area (Å²) in [5.74, 6) is 2.73. The Balaban J connectivity index is 1.24. The largest absolute Gasteiger partial charge is 0.508 e. The normalized spacial score (nSPS) is 15.4. The Morgan fingerprint density at radius 3 is 2.58 bits per heavy atom. The van der Waals surface area contributed by atoms with Crippen molar-refractivity contribution in [3.05, 3.63) is 60.0 Å². The molecule has 216 valence electrons. The van der Waals surface area contributed by atoms with Gasteiger partial charge in [-0.15, -0.1) is 22.0 Å². The molecular formula is C30H40N4O5S. The van der Waals surface area contributed by atoms with Crippen LogP contribution in [-0.4, -0.2) is 81.9 Å². The zero-order valence-corrected chi connectivity index (χ0v) is 24.7. The molecule has 1 saturated heterocycles. The Morgan fingerprint density at radius 1 is 1.07 bits per heavy atom. The van der Waals surface area contributed by atoms with Crippen LogP contribution in [0.2, 0.25) is 0 Å². The summed E-state index contributed by atoms with van der Waals surface area (Å²) in [7, 11) is 0. The van der Waals surface area contributed by atoms with Crippen LogP contribution in [0.5, 0.6) is 11.5 Å². The van der Waals surface area contributed by atoms with Gasteiger partial charge in [0, 0.05) is 37.3 Å². The zero-order chi connectivity index (χ0) is 28.5. The molecule has 9 nitrogen and oxygen atoms in total. The SMILES string of the molecule is CCSC(c1nnc(-c2ccc(OCCCN3CCCN(C(=O)OC(C)(C)C)CC3)cc2)o1)c1ccccc1O. The Morgan fingerprint density at radius 2 is 1.85 bits per heavy atom. The van der Waals surface area contributed by atoms with Crippen molar-refractivity contribution in [3.8, 4) is 23.0 Å². The van der Waals surface area contributed by atoms with Gasteiger partial charge in [-0.1, -0.05) is 25.1 Å². The van der Waals surface area contributed by atoms with Crippen molar-refractivity contribution >= 4 is 17.9 Å². The monoisotopic (exact) mass is 568 g/mol. The molecule has 0 radical (unpaired) electrons. The maximum Gasteiger partial charge on any atom is 0.410 e. The van der Waals surface area contributed by atoms with E-state index in [9.17, 15) is 9.90 Å². The summed E-state index contributed by atoms with van der Waals surface area (Å²) in [5.41, 5.74) is 1.09. The van der Waals surface area contributed by atoms with E-state index >= 15 is 0 Å². The number of ether oxygens (including phenoxy) is 2. The van der Waals surface area contributed by atoms with Crippen LogP contribution in [0.3, 0.4) is 0 Å². The Labute approximate surface area is 240 Å². The summed E-state index contributed by atoms with van der Waals surface area (Å²) < 4.78 is 17.5. The summed E-state index contributed by atoms with van der Waals surface area (Å²) in [4.78, 5) is 16.6. The summed E-state index contributed by atoms with van der Waals surface area (Å²) in [6.07, 6.45) is 1.60. The second-order valence-corrected chi connectivity index (χ2v) is 12.1. The summed E-state index contributed by atoms with van der Waals surface area (Å²) in [6.45, 7) is 12.5. The number of aromatic nitrogens is 2. The third-order valence-electron chi connectivity index (χ3n) is 6.45. The van der Waals surface area contributed by atoms with Gasteiger partial charge in [0.1, 0.15) is 22.4 Å². The molecule has 10 heteroatoms. The van der Waals surface area contributed by atoms with Crippen molar-refractivity contribution in [1.82, 2.24) is 20.0 Å². The number of thioether (sulfide) groups is 1. The molecule has 1 fully saturated rings. The number of benzene rings is 2. The van der Waals surface area contributed by atoms with Crippen LogP contribution < -0.4 is 4.74 Å². The minimum absolute atomic E-state index is 0.216. The molecule has 40 heavy (non-hydrogen) atoms. The molecule has 1 amide bonds. The Bertz CT molecular complexity index is 1230. The predicted molar refractivity (Wildman–Crippen MR) is 157 cm³/mol. The first-order valence-electron chi connectivity index (χ1n) is 13.9. The van der Waals surface area contributed by atoms with Gasteiger partial charge in [0.05, 0.1) is 6.61 Å². The Hall–Kier alpha value is -3.24. The van der Waals surface area contributed by atoms with E-state index in [1.807, 2.05) is 62.1 Å². The van der Waals surface area contributed by atoms with Crippen LogP contribution in [0.15, 0.2) is 52.9 Å². The van der Waals surface area contributed by atoms with Gasteiger partial charge in [-0.25, -0.2) is 4.79 Å². The lowest BCUT2D eigenvalue weighted by Gasteiger charge is -2.26. The number of carbonyl (C=O) groups is 1. The molecule has 1 atom stereocenters. The number of rotatable bonds is 10. The highest BCUT2D eigenvalue weighted by atomic mass is 32.2. The van der Waals surface area contributed by atoms with Gasteiger partial charge in [-0.2, -0.15) is 0 Å². The number of carbonyl (C=O) groups excluding carboxylic acids is 1. The average Bonchev–Trinajstić information content (AvgIpc) is 3.28. The predicted octanol–water partition coefficient (Wildman–Crippen LogP) is 6.00. The van der Waals surface area contributed by atoms with Crippen molar-refractivity contribution in [2.45, 2.75) is 51.4 Å². The topological polar surface area (TPSA) is 101 Å². The number of phenols is 1. The first kappa shape index (κ1) is 29.7. The van der Waals surface area contributed by atoms with Gasteiger partial charge >= 0.3 is 6.09 Å². The fraction of sp³-hybridized carbons (Fsp3) is 0.500. The third-order valence-corrected chi connectivity index (χ3v) is 7.57. The van der Waals surface area contributed by atoms with E-state index in [1.165, 1.54) is 0 Å². The molecule has 1 aliphatic rings. The van der Waals surface area contributed by atoms with Crippen molar-refractivity contribution in [1.29, 1.82) is 0 Å². The van der Waals surface area contributed by atoms with Crippen molar-refractivity contribution < 1.29 is 23.8 Å². The van der Waals surface area contributed by atoms with Gasteiger partial charge in [-0.3, -0.25) is 0 Å². The zero-order valence-electron chi connectivity index (χ0n) is 23.8. The minimum Gasteiger partial charge on any atom is -0.508 e. The maximum atomic E-state index is 12.4. The summed E-state index contributed by atoms with van der Waals surface area (Å²) in [6, 6.07) is 14.9. The van der Waals surface area contributed by atoms with Gasteiger partial charge in [0.25, 0.3) is 0 Å². The quantitative estimate of drug-likeness (QED) is 0.295. The molecule has 1 aromatic heterocycles. The molecule has 3 aromatic rings. The molecule has 4 rings (SSSR count). The molecule has 1 aliphatic heterocycles. The molecule has 0 bridgehead atoms. The van der Waals surface area contributed by atoms with Gasteiger partial charge in [-0.05, 0) is 76.2 Å². The number of nitrogens with zero attached hydrogens (tertiary/aromatic N) is 4. The van der Waals surface area contributed by atoms with E-state index in [2.05, 4.69) is 22.0 Å². The smallest absolute Gasteiger partial charge is 0.410 e. The number of para-hydroxylation sites is 1. The molecule has 2 heterocycles. The molecule has 0 saturated carbocycles. The minimum atomic E-state index is -0.475. The number of amides is 1. The van der Waals surface area contributed by atoms with E-state index in [0.29, 0.717) is 24.9 Å². The number of hydrogen-bond donors (Lipinski definition) is 1. The van der Waals surface area contributed by atoms with E-state index in [4.69, 9.17) is 13.9 Å². The molecule has 2 aromatic carbocycles. The molecule has 0 spiro atoms. The lowest BCUT2D eigenvalue weighted by molar-refractivity contribution is 0.0257. The van der Waals surface area contributed by atoms with E-state index < -0.39 is 5.60 Å². The average molecular weight is 569 g/mol. The summed E-state index contributed by atoms with van der Waals surface area (Å²) >= 11 is 1.63. The number of hydrogen-bond acceptors (Lipinski definition) is 9. The standard InChI is InChI=1S/C30H40N4O5S/c1-5-40-26(24-10-6-7-11-25(24)35)28-32-31-27(38-28)22-12-14-23(15-13-22)37-21-9-17-33-16-8-18-34(20-19-33)29(36)39-30(2,3)4/h6-7,10-15,26,35H,5,8-9,16-21H2,1-4H3. The fourth-order valence-corrected chi connectivity index (χ4v) is 5.45. The first-order chi connectivity index (χ1) is 19.2. The lowest BCUT2D eigenvalue weighted by atomic mass is 10.1. The van der Waals surface area contributed by atoms with Crippen LogP contribution in [0, 0.1) is 0 Å². The number of aromatic hydroxyl groups is 1. The molecule has 1 N–H and O–H groups in total. The van der Waals surface area contributed by atoms with Gasteiger partial charge in [0.15, 0.2) is 0 Å². The van der Waals surface area contributed by atoms with E-state index in [0.717, 1.165) is 61.6 Å². The second-order valence-electron chi connectivity index (χ2n) is 10.7. The van der Waals surface area contributed by atoms with Gasteiger partial charge < -0.3 is 28.8 Å². The van der Waals surface area contributed by atoms with Gasteiger partial charge in [0.2, 0.25) is 11.8 Å². The third kappa shape index (κ3) is 8.38. The first-order valence-corrected chi connectivity index (χ1v) is 14.9. The molecule has 0 aliphatic carbocycles. The van der Waals surface area contributed by atoms with Crippen LogP contribution in [-0.2, 0) is 4.74 Å². The lowest BCUT2D eigenvalue weighted by Crippen LogP contribution is -2.39. The van der Waals surface area contributed by atoms with Crippen molar-refractivity contribution in [2.75, 3.05) is 45.1 Å². The summed E-state index contributed by atoms with van der Waals surface area (Å²) in [5, 5.41) is 18.6. The van der Waals surface area contributed by atoms with Crippen molar-refractivity contribution in [2.24, 2.45) is 0 Å². The van der Waals surface area contributed by atoms with E-state index in [1.54, 1.807) is 23.9 Å². The number of phenolic OH excluding ortho intramolecular Hbond substituents is 1. The highest BCUT2D eigenvalue weighted by Gasteiger charge is 2.25. The van der Waals surface area contributed by atoms with Crippen LogP contribution in [0.4, 0.5) is 4.79 Å². The van der Waals surface area contributed by atoms with Crippen LogP contribution in [0.25, 0.3) is 11.5 Å². The Kier molecular flexibility index (Phi) is 10.3. The molecule has 1 unspecified atom stereocenters. The van der Waals surface area contributed by atoms with Crippen LogP contribution in [0.1, 0.15) is 57.2 Å². The second kappa shape index (κ2) is 13.9. The highest BCUT2D eigenvalue weighted by Crippen LogP contribution is 2.39. The van der Waals surface area contributed by atoms with E-state index in [-0.39, 0.29) is 17.1 Å². The van der Waals surface area contributed by atoms with Crippen molar-refractivity contribution in [3.63, 3.8) is 0 Å². The maximum absolute atomic E-state index is 12.4. The highest BCUT2D eigenvalue weighted by molar-refractivity contribution is 7.99. The van der Waals surface area contributed by atoms with Crippen LogP contribution >= 0.6 is 11.8 Å².